The van der Waals surface area contributed by atoms with Gasteiger partial charge in [-0.05, 0) is 25.7 Å². The van der Waals surface area contributed by atoms with Gasteiger partial charge in [-0.2, -0.15) is 10.2 Å². The van der Waals surface area contributed by atoms with Gasteiger partial charge in [0.1, 0.15) is 0 Å². The third-order valence-corrected chi connectivity index (χ3v) is 1.94. The highest BCUT2D eigenvalue weighted by atomic mass is 16.3. The van der Waals surface area contributed by atoms with Crippen LogP contribution in [0.5, 0.6) is 0 Å². The summed E-state index contributed by atoms with van der Waals surface area (Å²) in [5, 5.41) is 17.0. The van der Waals surface area contributed by atoms with Crippen molar-refractivity contribution in [3.63, 3.8) is 0 Å². The van der Waals surface area contributed by atoms with Crippen LogP contribution in [0.25, 0.3) is 0 Å². The van der Waals surface area contributed by atoms with Crippen LogP contribution < -0.4 is 0 Å². The van der Waals surface area contributed by atoms with Gasteiger partial charge in [0.15, 0.2) is 5.72 Å². The quantitative estimate of drug-likeness (QED) is 0.557. The SMILES string of the molecule is C/N=N/C1(O)CCCCC1. The molecule has 10 heavy (non-hydrogen) atoms. The molecule has 1 N–H and O–H groups in total. The Hall–Kier alpha value is -0.440. The van der Waals surface area contributed by atoms with E-state index >= 15 is 0 Å². The Kier molecular flexibility index (Phi) is 2.38. The lowest BCUT2D eigenvalue weighted by Gasteiger charge is -2.26. The fraction of sp³-hybridized carbons (Fsp3) is 1.00. The Morgan fingerprint density at radius 3 is 2.30 bits per heavy atom. The van der Waals surface area contributed by atoms with Crippen LogP contribution in [0.3, 0.4) is 0 Å². The zero-order valence-corrected chi connectivity index (χ0v) is 6.38. The molecule has 0 radical (unpaired) electrons. The molecule has 1 fully saturated rings. The second-order valence-corrected chi connectivity index (χ2v) is 2.84. The maximum Gasteiger partial charge on any atom is 0.176 e. The largest absolute Gasteiger partial charge is 0.368 e. The first-order valence-corrected chi connectivity index (χ1v) is 3.80. The van der Waals surface area contributed by atoms with E-state index in [2.05, 4.69) is 10.2 Å². The molecule has 0 aromatic carbocycles. The Bertz CT molecular complexity index is 128. The fourth-order valence-corrected chi connectivity index (χ4v) is 1.40. The van der Waals surface area contributed by atoms with Gasteiger partial charge >= 0.3 is 0 Å². The normalized spacial score (nSPS) is 25.4. The molecule has 0 saturated heterocycles. The molecule has 1 aliphatic carbocycles. The van der Waals surface area contributed by atoms with Crippen LogP contribution in [0.15, 0.2) is 10.2 Å². The van der Waals surface area contributed by atoms with E-state index in [9.17, 15) is 5.11 Å². The van der Waals surface area contributed by atoms with E-state index in [1.807, 2.05) is 0 Å². The van der Waals surface area contributed by atoms with Crippen LogP contribution in [-0.2, 0) is 0 Å². The highest BCUT2D eigenvalue weighted by molar-refractivity contribution is 4.77. The minimum Gasteiger partial charge on any atom is -0.368 e. The van der Waals surface area contributed by atoms with Crippen LogP contribution in [0.1, 0.15) is 32.1 Å². The van der Waals surface area contributed by atoms with E-state index in [4.69, 9.17) is 0 Å². The standard InChI is InChI=1S/C7H14N2O/c1-8-9-7(10)5-3-2-4-6-7/h10H,2-6H2,1H3/b9-8+. The van der Waals surface area contributed by atoms with Gasteiger partial charge in [0.25, 0.3) is 0 Å². The summed E-state index contributed by atoms with van der Waals surface area (Å²) in [4.78, 5) is 0. The molecular formula is C7H14N2O. The molecule has 0 aliphatic heterocycles. The molecule has 3 nitrogen and oxygen atoms in total. The summed E-state index contributed by atoms with van der Waals surface area (Å²) in [6.07, 6.45) is 4.95. The lowest BCUT2D eigenvalue weighted by molar-refractivity contribution is 0.00582. The minimum atomic E-state index is -0.812. The minimum absolute atomic E-state index is 0.782. The second kappa shape index (κ2) is 3.10. The van der Waals surface area contributed by atoms with Gasteiger partial charge in [-0.3, -0.25) is 0 Å². The zero-order valence-electron chi connectivity index (χ0n) is 6.38. The molecule has 1 saturated carbocycles. The van der Waals surface area contributed by atoms with E-state index in [1.54, 1.807) is 7.05 Å². The monoisotopic (exact) mass is 142 g/mol. The van der Waals surface area contributed by atoms with Crippen molar-refractivity contribution < 1.29 is 5.11 Å². The first-order valence-electron chi connectivity index (χ1n) is 3.80. The van der Waals surface area contributed by atoms with Crippen molar-refractivity contribution in [1.82, 2.24) is 0 Å². The number of aliphatic hydroxyl groups is 1. The topological polar surface area (TPSA) is 45.0 Å². The number of nitrogens with zero attached hydrogens (tertiary/aromatic N) is 2. The third-order valence-electron chi connectivity index (χ3n) is 1.94. The number of hydrogen-bond donors (Lipinski definition) is 1. The molecule has 0 amide bonds. The van der Waals surface area contributed by atoms with Gasteiger partial charge in [-0.25, -0.2) is 0 Å². The first kappa shape index (κ1) is 7.66. The van der Waals surface area contributed by atoms with E-state index in [-0.39, 0.29) is 0 Å². The maximum absolute atomic E-state index is 9.61. The third kappa shape index (κ3) is 1.77. The van der Waals surface area contributed by atoms with Crippen molar-refractivity contribution in [3.05, 3.63) is 0 Å². The van der Waals surface area contributed by atoms with Gasteiger partial charge in [0.2, 0.25) is 0 Å². The van der Waals surface area contributed by atoms with Crippen LogP contribution in [0, 0.1) is 0 Å². The lowest BCUT2D eigenvalue weighted by Crippen LogP contribution is -2.28. The fourth-order valence-electron chi connectivity index (χ4n) is 1.40. The second-order valence-electron chi connectivity index (χ2n) is 2.84. The number of hydrogen-bond acceptors (Lipinski definition) is 3. The summed E-state index contributed by atoms with van der Waals surface area (Å²) in [5.74, 6) is 0. The van der Waals surface area contributed by atoms with Crippen molar-refractivity contribution in [2.24, 2.45) is 10.2 Å². The number of azo groups is 1. The molecule has 58 valence electrons. The van der Waals surface area contributed by atoms with Crippen molar-refractivity contribution in [3.8, 4) is 0 Å². The van der Waals surface area contributed by atoms with Crippen LogP contribution >= 0.6 is 0 Å². The van der Waals surface area contributed by atoms with Crippen molar-refractivity contribution in [1.29, 1.82) is 0 Å². The average molecular weight is 142 g/mol. The van der Waals surface area contributed by atoms with Crippen molar-refractivity contribution in [2.45, 2.75) is 37.8 Å². The van der Waals surface area contributed by atoms with Crippen LogP contribution in [0.4, 0.5) is 0 Å². The van der Waals surface area contributed by atoms with Gasteiger partial charge < -0.3 is 5.11 Å². The summed E-state index contributed by atoms with van der Waals surface area (Å²) >= 11 is 0. The Labute approximate surface area is 61.2 Å². The molecule has 0 bridgehead atoms. The molecular weight excluding hydrogens is 128 g/mol. The van der Waals surface area contributed by atoms with E-state index in [0.717, 1.165) is 25.7 Å². The highest BCUT2D eigenvalue weighted by Gasteiger charge is 2.28. The predicted octanol–water partition coefficient (Wildman–Crippen LogP) is 1.72. The summed E-state index contributed by atoms with van der Waals surface area (Å²) in [6, 6.07) is 0. The molecule has 0 atom stereocenters. The molecule has 1 aliphatic rings. The van der Waals surface area contributed by atoms with Crippen LogP contribution in [-0.4, -0.2) is 17.9 Å². The van der Waals surface area contributed by atoms with Gasteiger partial charge in [-0.15, -0.1) is 0 Å². The summed E-state index contributed by atoms with van der Waals surface area (Å²) in [5.41, 5.74) is -0.812. The predicted molar refractivity (Wildman–Crippen MR) is 38.8 cm³/mol. The Morgan fingerprint density at radius 1 is 1.20 bits per heavy atom. The summed E-state index contributed by atoms with van der Waals surface area (Å²) in [7, 11) is 1.60. The van der Waals surface area contributed by atoms with Crippen LogP contribution in [0.2, 0.25) is 0 Å². The zero-order chi connectivity index (χ0) is 7.45. The van der Waals surface area contributed by atoms with Crippen molar-refractivity contribution >= 4 is 0 Å². The van der Waals surface area contributed by atoms with Gasteiger partial charge in [0, 0.05) is 7.05 Å². The summed E-state index contributed by atoms with van der Waals surface area (Å²) in [6.45, 7) is 0. The van der Waals surface area contributed by atoms with E-state index < -0.39 is 5.72 Å². The molecule has 0 aromatic heterocycles. The smallest absolute Gasteiger partial charge is 0.176 e. The highest BCUT2D eigenvalue weighted by Crippen LogP contribution is 2.28. The number of rotatable bonds is 1. The van der Waals surface area contributed by atoms with Gasteiger partial charge in [-0.1, -0.05) is 6.42 Å². The van der Waals surface area contributed by atoms with Crippen molar-refractivity contribution in [2.75, 3.05) is 7.05 Å². The molecule has 0 aromatic rings. The molecule has 3 heteroatoms. The molecule has 0 heterocycles. The first-order chi connectivity index (χ1) is 4.77. The average Bonchev–Trinajstić information content (AvgIpc) is 1.89. The molecule has 1 rings (SSSR count). The van der Waals surface area contributed by atoms with Gasteiger partial charge in [0.05, 0.1) is 0 Å². The molecule has 0 unspecified atom stereocenters. The van der Waals surface area contributed by atoms with E-state index in [1.165, 1.54) is 6.42 Å². The summed E-state index contributed by atoms with van der Waals surface area (Å²) < 4.78 is 0. The maximum atomic E-state index is 9.61. The Morgan fingerprint density at radius 2 is 1.80 bits per heavy atom. The Balaban J connectivity index is 2.48. The molecule has 0 spiro atoms. The van der Waals surface area contributed by atoms with E-state index in [0.29, 0.717) is 0 Å². The lowest BCUT2D eigenvalue weighted by atomic mass is 9.93.